The molecule has 1 aromatic heterocycles. The zero-order valence-electron chi connectivity index (χ0n) is 7.60. The van der Waals surface area contributed by atoms with Gasteiger partial charge in [0.2, 0.25) is 0 Å². The minimum absolute atomic E-state index is 1.01. The maximum Gasteiger partial charge on any atom is 0.332 e. The summed E-state index contributed by atoms with van der Waals surface area (Å²) >= 11 is 0. The maximum absolute atomic E-state index is 5.75. The molecule has 0 spiro atoms. The monoisotopic (exact) mass is 163 g/mol. The van der Waals surface area contributed by atoms with Gasteiger partial charge < -0.3 is 0 Å². The first-order valence-electron chi connectivity index (χ1n) is 4.84. The Labute approximate surface area is 73.4 Å². The second-order valence-corrected chi connectivity index (χ2v) is 3.41. The van der Waals surface area contributed by atoms with Crippen molar-refractivity contribution in [3.63, 3.8) is 0 Å². The van der Waals surface area contributed by atoms with Gasteiger partial charge in [0, 0.05) is 6.07 Å². The Balaban J connectivity index is 2.36. The van der Waals surface area contributed by atoms with Crippen LogP contribution in [-0.2, 0) is 19.3 Å². The molecule has 64 valence electrons. The quantitative estimate of drug-likeness (QED) is 0.579. The van der Waals surface area contributed by atoms with E-state index in [1.165, 1.54) is 30.6 Å². The first-order chi connectivity index (χ1) is 5.90. The minimum Gasteiger partial charge on any atom is -0.218 e. The van der Waals surface area contributed by atoms with Crippen LogP contribution < -0.4 is 0 Å². The van der Waals surface area contributed by atoms with Gasteiger partial charge in [0.1, 0.15) is 0 Å². The predicted octanol–water partition coefficient (Wildman–Crippen LogP) is 3.00. The van der Waals surface area contributed by atoms with Crippen molar-refractivity contribution >= 4 is 0 Å². The third-order valence-corrected chi connectivity index (χ3v) is 2.53. The molecule has 12 heavy (non-hydrogen) atoms. The molecule has 1 aliphatic carbocycles. The van der Waals surface area contributed by atoms with Crippen molar-refractivity contribution in [1.82, 2.24) is 0 Å². The Morgan fingerprint density at radius 1 is 1.25 bits per heavy atom. The van der Waals surface area contributed by atoms with Crippen molar-refractivity contribution in [3.8, 4) is 0 Å². The molecule has 0 aliphatic heterocycles. The molecule has 0 unspecified atom stereocenters. The number of hydrogen-bond donors (Lipinski definition) is 0. The molecule has 0 aromatic carbocycles. The lowest BCUT2D eigenvalue weighted by atomic mass is 9.97. The van der Waals surface area contributed by atoms with E-state index in [9.17, 15) is 0 Å². The van der Waals surface area contributed by atoms with Crippen LogP contribution in [0.5, 0.6) is 0 Å². The average molecular weight is 163 g/mol. The van der Waals surface area contributed by atoms with Crippen LogP contribution in [0.3, 0.4) is 0 Å². The maximum atomic E-state index is 5.75. The first-order valence-corrected chi connectivity index (χ1v) is 4.84. The number of fused-ring (bicyclic) bond motifs is 1. The summed E-state index contributed by atoms with van der Waals surface area (Å²) < 4.78 is 5.75. The minimum atomic E-state index is 1.01. The highest BCUT2D eigenvalue weighted by Gasteiger charge is 2.20. The molecule has 1 aromatic rings. The van der Waals surface area contributed by atoms with Gasteiger partial charge in [-0.1, -0.05) is 6.92 Å². The Hall–Kier alpha value is -0.850. The van der Waals surface area contributed by atoms with E-state index < -0.39 is 0 Å². The summed E-state index contributed by atoms with van der Waals surface area (Å²) in [6.07, 6.45) is 5.98. The summed E-state index contributed by atoms with van der Waals surface area (Å²) in [5, 5.41) is 0. The fourth-order valence-corrected chi connectivity index (χ4v) is 1.77. The molecule has 0 fully saturated rings. The molecular formula is C11H15O+. The van der Waals surface area contributed by atoms with E-state index in [-0.39, 0.29) is 0 Å². The van der Waals surface area contributed by atoms with E-state index in [2.05, 4.69) is 19.1 Å². The van der Waals surface area contributed by atoms with Crippen LogP contribution in [0, 0.1) is 0 Å². The van der Waals surface area contributed by atoms with Crippen LogP contribution in [0.15, 0.2) is 16.5 Å². The summed E-state index contributed by atoms with van der Waals surface area (Å²) in [5.74, 6) is 2.36. The lowest BCUT2D eigenvalue weighted by Crippen LogP contribution is -2.02. The lowest BCUT2D eigenvalue weighted by molar-refractivity contribution is 0.422. The Morgan fingerprint density at radius 3 is 2.92 bits per heavy atom. The highest BCUT2D eigenvalue weighted by molar-refractivity contribution is 5.21. The normalized spacial score (nSPS) is 15.8. The standard InChI is InChI=1S/C11H15O/c1-2-10-8-7-9-5-3-4-6-11(9)12-10/h7-8H,2-6H2,1H3/q+1. The van der Waals surface area contributed by atoms with Crippen LogP contribution in [-0.4, -0.2) is 0 Å². The van der Waals surface area contributed by atoms with Crippen LogP contribution in [0.2, 0.25) is 0 Å². The Kier molecular flexibility index (Phi) is 2.11. The van der Waals surface area contributed by atoms with Gasteiger partial charge in [0.15, 0.2) is 0 Å². The smallest absolute Gasteiger partial charge is 0.218 e. The Bertz CT molecular complexity index is 278. The van der Waals surface area contributed by atoms with Crippen LogP contribution in [0.25, 0.3) is 0 Å². The molecule has 0 saturated carbocycles. The van der Waals surface area contributed by atoms with Gasteiger partial charge in [-0.25, -0.2) is 4.42 Å². The molecule has 1 nitrogen and oxygen atoms in total. The largest absolute Gasteiger partial charge is 0.332 e. The number of aryl methyl sites for hydroxylation is 3. The van der Waals surface area contributed by atoms with Gasteiger partial charge in [-0.3, -0.25) is 0 Å². The van der Waals surface area contributed by atoms with E-state index >= 15 is 0 Å². The molecule has 0 amide bonds. The summed E-state index contributed by atoms with van der Waals surface area (Å²) in [6.45, 7) is 2.13. The van der Waals surface area contributed by atoms with Crippen molar-refractivity contribution in [2.75, 3.05) is 0 Å². The molecule has 2 rings (SSSR count). The van der Waals surface area contributed by atoms with Crippen LogP contribution >= 0.6 is 0 Å². The summed E-state index contributed by atoms with van der Waals surface area (Å²) in [6, 6.07) is 4.35. The molecule has 0 bridgehead atoms. The topological polar surface area (TPSA) is 11.3 Å². The van der Waals surface area contributed by atoms with E-state index in [0.717, 1.165) is 18.6 Å². The first kappa shape index (κ1) is 7.78. The van der Waals surface area contributed by atoms with Crippen LogP contribution in [0.4, 0.5) is 0 Å². The molecule has 0 saturated heterocycles. The van der Waals surface area contributed by atoms with Crippen molar-refractivity contribution in [1.29, 1.82) is 0 Å². The second-order valence-electron chi connectivity index (χ2n) is 3.41. The summed E-state index contributed by atoms with van der Waals surface area (Å²) in [7, 11) is 0. The fraction of sp³-hybridized carbons (Fsp3) is 0.545. The van der Waals surface area contributed by atoms with Gasteiger partial charge >= 0.3 is 11.5 Å². The molecule has 1 heteroatoms. The number of hydrogen-bond acceptors (Lipinski definition) is 0. The van der Waals surface area contributed by atoms with E-state index in [1.807, 2.05) is 0 Å². The SMILES string of the molecule is CCc1ccc2c([o+]1)CCCC2. The van der Waals surface area contributed by atoms with Gasteiger partial charge in [0.25, 0.3) is 0 Å². The molecule has 0 N–H and O–H groups in total. The average Bonchev–Trinajstić information content (AvgIpc) is 2.17. The Morgan fingerprint density at radius 2 is 2.08 bits per heavy atom. The highest BCUT2D eigenvalue weighted by atomic mass is 16.3. The summed E-state index contributed by atoms with van der Waals surface area (Å²) in [5.41, 5.74) is 1.43. The van der Waals surface area contributed by atoms with Crippen molar-refractivity contribution in [3.05, 3.63) is 29.2 Å². The summed E-state index contributed by atoms with van der Waals surface area (Å²) in [4.78, 5) is 0. The third kappa shape index (κ3) is 1.36. The molecular weight excluding hydrogens is 148 g/mol. The molecule has 1 aliphatic rings. The third-order valence-electron chi connectivity index (χ3n) is 2.53. The van der Waals surface area contributed by atoms with E-state index in [0.29, 0.717) is 0 Å². The molecule has 0 radical (unpaired) electrons. The van der Waals surface area contributed by atoms with Gasteiger partial charge in [-0.2, -0.15) is 0 Å². The molecule has 0 atom stereocenters. The molecule has 1 heterocycles. The van der Waals surface area contributed by atoms with E-state index in [1.54, 1.807) is 0 Å². The number of rotatable bonds is 1. The van der Waals surface area contributed by atoms with Crippen molar-refractivity contribution in [2.24, 2.45) is 0 Å². The highest BCUT2D eigenvalue weighted by Crippen LogP contribution is 2.22. The lowest BCUT2D eigenvalue weighted by Gasteiger charge is -2.06. The second kappa shape index (κ2) is 3.26. The van der Waals surface area contributed by atoms with E-state index in [4.69, 9.17) is 4.42 Å². The fourth-order valence-electron chi connectivity index (χ4n) is 1.77. The van der Waals surface area contributed by atoms with Gasteiger partial charge in [-0.05, 0) is 25.3 Å². The van der Waals surface area contributed by atoms with Crippen LogP contribution in [0.1, 0.15) is 36.8 Å². The zero-order chi connectivity index (χ0) is 8.39. The van der Waals surface area contributed by atoms with Crippen molar-refractivity contribution in [2.45, 2.75) is 39.0 Å². The van der Waals surface area contributed by atoms with Crippen molar-refractivity contribution < 1.29 is 4.42 Å². The zero-order valence-corrected chi connectivity index (χ0v) is 7.60. The van der Waals surface area contributed by atoms with Gasteiger partial charge in [-0.15, -0.1) is 0 Å². The predicted molar refractivity (Wildman–Crippen MR) is 49.1 cm³/mol. The van der Waals surface area contributed by atoms with Gasteiger partial charge in [0.05, 0.1) is 18.4 Å².